The maximum atomic E-state index is 6.17. The smallest absolute Gasteiger partial charge is 0.155 e. The van der Waals surface area contributed by atoms with Gasteiger partial charge in [0.1, 0.15) is 0 Å². The zero-order valence-corrected chi connectivity index (χ0v) is 14.5. The van der Waals surface area contributed by atoms with Gasteiger partial charge in [0.05, 0.1) is 12.7 Å². The topological polar surface area (TPSA) is 18.5 Å². The summed E-state index contributed by atoms with van der Waals surface area (Å²) in [7, 11) is 0. The van der Waals surface area contributed by atoms with Crippen LogP contribution in [0.15, 0.2) is 12.2 Å². The van der Waals surface area contributed by atoms with E-state index in [1.807, 2.05) is 0 Å². The highest BCUT2D eigenvalue weighted by molar-refractivity contribution is 5.20. The molecule has 0 heterocycles. The van der Waals surface area contributed by atoms with Crippen LogP contribution in [0.2, 0.25) is 0 Å². The van der Waals surface area contributed by atoms with Gasteiger partial charge in [-0.3, -0.25) is 0 Å². The Labute approximate surface area is 141 Å². The lowest BCUT2D eigenvalue weighted by molar-refractivity contribution is -0.175. The quantitative estimate of drug-likeness (QED) is 0.412. The van der Waals surface area contributed by atoms with E-state index in [9.17, 15) is 0 Å². The molecule has 4 bridgehead atoms. The maximum absolute atomic E-state index is 6.17. The van der Waals surface area contributed by atoms with E-state index in [2.05, 4.69) is 19.1 Å². The van der Waals surface area contributed by atoms with Crippen molar-refractivity contribution >= 4 is 0 Å². The van der Waals surface area contributed by atoms with Crippen LogP contribution in [0.4, 0.5) is 0 Å². The van der Waals surface area contributed by atoms with Gasteiger partial charge in [-0.05, 0) is 80.5 Å². The summed E-state index contributed by atoms with van der Waals surface area (Å²) in [6.45, 7) is 3.06. The molecule has 5 aliphatic carbocycles. The molecule has 2 heteroatoms. The Balaban J connectivity index is 1.13. The van der Waals surface area contributed by atoms with Crippen LogP contribution in [-0.4, -0.2) is 19.0 Å². The zero-order chi connectivity index (χ0) is 15.4. The molecule has 0 radical (unpaired) electrons. The zero-order valence-electron chi connectivity index (χ0n) is 14.5. The molecule has 128 valence electrons. The normalized spacial score (nSPS) is 49.0. The van der Waals surface area contributed by atoms with Crippen molar-refractivity contribution in [3.63, 3.8) is 0 Å². The molecular formula is C21H32O2. The van der Waals surface area contributed by atoms with Gasteiger partial charge in [-0.1, -0.05) is 31.4 Å². The lowest BCUT2D eigenvalue weighted by Crippen LogP contribution is -2.34. The maximum Gasteiger partial charge on any atom is 0.155 e. The first-order chi connectivity index (χ1) is 11.3. The number of hydrogen-bond donors (Lipinski definition) is 0. The first kappa shape index (κ1) is 15.0. The van der Waals surface area contributed by atoms with E-state index < -0.39 is 0 Å². The molecular weight excluding hydrogens is 284 g/mol. The van der Waals surface area contributed by atoms with E-state index in [-0.39, 0.29) is 6.29 Å². The van der Waals surface area contributed by atoms with Crippen LogP contribution in [-0.2, 0) is 9.47 Å². The monoisotopic (exact) mass is 316 g/mol. The minimum absolute atomic E-state index is 0.00653. The number of rotatable bonds is 5. The molecule has 8 atom stereocenters. The molecule has 4 fully saturated rings. The van der Waals surface area contributed by atoms with Gasteiger partial charge in [-0.2, -0.15) is 0 Å². The third-order valence-corrected chi connectivity index (χ3v) is 7.89. The SMILES string of the molecule is CC(OCC1CC2CC1C1C3C=CC(C3)C21)OC1CCCCC1. The van der Waals surface area contributed by atoms with Crippen LogP contribution in [0.5, 0.6) is 0 Å². The molecule has 5 rings (SSSR count). The lowest BCUT2D eigenvalue weighted by Gasteiger charge is -2.37. The molecule has 5 aliphatic rings. The Kier molecular flexibility index (Phi) is 3.82. The average Bonchev–Trinajstić information content (AvgIpc) is 3.32. The summed E-state index contributed by atoms with van der Waals surface area (Å²) < 4.78 is 12.3. The van der Waals surface area contributed by atoms with E-state index in [4.69, 9.17) is 9.47 Å². The minimum atomic E-state index is -0.00653. The van der Waals surface area contributed by atoms with E-state index in [1.54, 1.807) is 0 Å². The Morgan fingerprint density at radius 2 is 1.74 bits per heavy atom. The third kappa shape index (κ3) is 2.52. The van der Waals surface area contributed by atoms with Gasteiger partial charge in [0, 0.05) is 0 Å². The summed E-state index contributed by atoms with van der Waals surface area (Å²) >= 11 is 0. The second kappa shape index (κ2) is 5.88. The summed E-state index contributed by atoms with van der Waals surface area (Å²) in [5.41, 5.74) is 0. The van der Waals surface area contributed by atoms with Crippen molar-refractivity contribution in [2.75, 3.05) is 6.61 Å². The predicted octanol–water partition coefficient (Wildman–Crippen LogP) is 4.79. The molecule has 8 unspecified atom stereocenters. The van der Waals surface area contributed by atoms with Gasteiger partial charge in [0.25, 0.3) is 0 Å². The van der Waals surface area contributed by atoms with Crippen molar-refractivity contribution in [2.24, 2.45) is 41.4 Å². The molecule has 0 saturated heterocycles. The van der Waals surface area contributed by atoms with Crippen molar-refractivity contribution in [3.05, 3.63) is 12.2 Å². The van der Waals surface area contributed by atoms with Gasteiger partial charge >= 0.3 is 0 Å². The van der Waals surface area contributed by atoms with E-state index in [0.29, 0.717) is 6.10 Å². The first-order valence-corrected chi connectivity index (χ1v) is 10.2. The van der Waals surface area contributed by atoms with E-state index >= 15 is 0 Å². The van der Waals surface area contributed by atoms with Gasteiger partial charge in [-0.15, -0.1) is 0 Å². The lowest BCUT2D eigenvalue weighted by atomic mass is 9.69. The van der Waals surface area contributed by atoms with Crippen LogP contribution in [0.3, 0.4) is 0 Å². The van der Waals surface area contributed by atoms with E-state index in [0.717, 1.165) is 48.0 Å². The summed E-state index contributed by atoms with van der Waals surface area (Å²) in [6.07, 6.45) is 16.5. The number of allylic oxidation sites excluding steroid dienone is 2. The molecule has 0 aliphatic heterocycles. The van der Waals surface area contributed by atoms with Crippen LogP contribution in [0.1, 0.15) is 58.3 Å². The van der Waals surface area contributed by atoms with Crippen LogP contribution in [0, 0.1) is 41.4 Å². The highest BCUT2D eigenvalue weighted by Crippen LogP contribution is 2.66. The summed E-state index contributed by atoms with van der Waals surface area (Å²) in [6, 6.07) is 0. The second-order valence-corrected chi connectivity index (χ2v) is 9.06. The van der Waals surface area contributed by atoms with Crippen molar-refractivity contribution in [2.45, 2.75) is 70.7 Å². The Bertz CT molecular complexity index is 466. The third-order valence-electron chi connectivity index (χ3n) is 7.89. The fraction of sp³-hybridized carbons (Fsp3) is 0.905. The molecule has 0 aromatic rings. The number of ether oxygens (including phenoxy) is 2. The highest BCUT2D eigenvalue weighted by Gasteiger charge is 2.60. The Hall–Kier alpha value is -0.340. The first-order valence-electron chi connectivity index (χ1n) is 10.2. The van der Waals surface area contributed by atoms with Crippen molar-refractivity contribution in [3.8, 4) is 0 Å². The van der Waals surface area contributed by atoms with Crippen molar-refractivity contribution < 1.29 is 9.47 Å². The molecule has 0 N–H and O–H groups in total. The fourth-order valence-corrected chi connectivity index (χ4v) is 7.12. The molecule has 4 saturated carbocycles. The van der Waals surface area contributed by atoms with Crippen molar-refractivity contribution in [1.82, 2.24) is 0 Å². The largest absolute Gasteiger partial charge is 0.353 e. The van der Waals surface area contributed by atoms with Gasteiger partial charge < -0.3 is 9.47 Å². The predicted molar refractivity (Wildman–Crippen MR) is 90.8 cm³/mol. The second-order valence-electron chi connectivity index (χ2n) is 9.06. The molecule has 0 aromatic carbocycles. The van der Waals surface area contributed by atoms with Crippen molar-refractivity contribution in [1.29, 1.82) is 0 Å². The minimum Gasteiger partial charge on any atom is -0.353 e. The average molecular weight is 316 g/mol. The number of hydrogen-bond acceptors (Lipinski definition) is 2. The summed E-state index contributed by atoms with van der Waals surface area (Å²) in [5, 5.41) is 0. The molecule has 0 spiro atoms. The fourth-order valence-electron chi connectivity index (χ4n) is 7.12. The van der Waals surface area contributed by atoms with Gasteiger partial charge in [0.15, 0.2) is 6.29 Å². The summed E-state index contributed by atoms with van der Waals surface area (Å²) in [5.74, 6) is 6.68. The molecule has 0 amide bonds. The van der Waals surface area contributed by atoms with Crippen LogP contribution >= 0.6 is 0 Å². The molecule has 23 heavy (non-hydrogen) atoms. The van der Waals surface area contributed by atoms with Gasteiger partial charge in [0.2, 0.25) is 0 Å². The Morgan fingerprint density at radius 1 is 0.957 bits per heavy atom. The Morgan fingerprint density at radius 3 is 2.57 bits per heavy atom. The molecule has 0 aromatic heterocycles. The standard InChI is InChI=1S/C21H32O2/c1-13(23-18-5-3-2-4-6-18)22-12-17-10-16-11-19(17)21-15-8-7-14(9-15)20(16)21/h7-8,13-21H,2-6,9-12H2,1H3. The van der Waals surface area contributed by atoms with Crippen LogP contribution < -0.4 is 0 Å². The number of fused-ring (bicyclic) bond motifs is 9. The van der Waals surface area contributed by atoms with E-state index in [1.165, 1.54) is 51.4 Å². The summed E-state index contributed by atoms with van der Waals surface area (Å²) in [4.78, 5) is 0. The van der Waals surface area contributed by atoms with Gasteiger partial charge in [-0.25, -0.2) is 0 Å². The molecule has 2 nitrogen and oxygen atoms in total. The highest BCUT2D eigenvalue weighted by atomic mass is 16.7. The van der Waals surface area contributed by atoms with Crippen LogP contribution in [0.25, 0.3) is 0 Å².